The Morgan fingerprint density at radius 2 is 1.90 bits per heavy atom. The monoisotopic (exact) mass is 530 g/mol. The average molecular weight is 531 g/mol. The molecule has 1 spiro atoms. The standard InChI is InChI=1S/C25H28N8O3.C3H6/c1-24(2,3)36-23(35)30-14-25(15-30)8-18(9-25)32-12-17(11-28-32)19-13-33-20(4-6-27-33)21(29-19)31-7-5-16(10-26)22(31)34;1-2-3-1/h4,6,11-13,16,18H,5,7-9,14-15H2,1-3H3;1-3H2. The molecule has 3 aromatic heterocycles. The smallest absolute Gasteiger partial charge is 0.410 e. The van der Waals surface area contributed by atoms with E-state index in [4.69, 9.17) is 9.72 Å². The van der Waals surface area contributed by atoms with E-state index in [0.717, 1.165) is 37.0 Å². The number of ether oxygens (including phenoxy) is 1. The van der Waals surface area contributed by atoms with Crippen molar-refractivity contribution in [3.63, 3.8) is 0 Å². The summed E-state index contributed by atoms with van der Waals surface area (Å²) < 4.78 is 9.15. The molecular weight excluding hydrogens is 496 g/mol. The molecule has 39 heavy (non-hydrogen) atoms. The van der Waals surface area contributed by atoms with Crippen LogP contribution in [0.5, 0.6) is 0 Å². The number of carbonyl (C=O) groups is 2. The Bertz CT molecular complexity index is 1440. The summed E-state index contributed by atoms with van der Waals surface area (Å²) in [5.74, 6) is -0.341. The number of hydrogen-bond acceptors (Lipinski definition) is 7. The number of rotatable bonds is 3. The molecule has 2 amide bonds. The predicted molar refractivity (Wildman–Crippen MR) is 143 cm³/mol. The van der Waals surface area contributed by atoms with Gasteiger partial charge >= 0.3 is 6.09 Å². The minimum atomic E-state index is -0.634. The van der Waals surface area contributed by atoms with Crippen LogP contribution in [0.4, 0.5) is 10.6 Å². The number of anilines is 1. The van der Waals surface area contributed by atoms with Crippen molar-refractivity contribution in [3.05, 3.63) is 30.9 Å². The van der Waals surface area contributed by atoms with Crippen LogP contribution < -0.4 is 4.90 Å². The molecule has 0 radical (unpaired) electrons. The number of nitrogens with zero attached hydrogens (tertiary/aromatic N) is 8. The number of hydrogen-bond donors (Lipinski definition) is 0. The highest BCUT2D eigenvalue weighted by Gasteiger charge is 2.55. The molecule has 2 aliphatic heterocycles. The van der Waals surface area contributed by atoms with E-state index in [9.17, 15) is 14.9 Å². The van der Waals surface area contributed by atoms with Crippen LogP contribution in [0.1, 0.15) is 65.3 Å². The number of fused-ring (bicyclic) bond motifs is 1. The van der Waals surface area contributed by atoms with Gasteiger partial charge in [-0.05, 0) is 46.1 Å². The molecule has 1 unspecified atom stereocenters. The van der Waals surface area contributed by atoms with Gasteiger partial charge in [-0.2, -0.15) is 15.5 Å². The summed E-state index contributed by atoms with van der Waals surface area (Å²) in [6, 6.07) is 4.16. The lowest BCUT2D eigenvalue weighted by atomic mass is 9.61. The second-order valence-electron chi connectivity index (χ2n) is 12.2. The van der Waals surface area contributed by atoms with Crippen LogP contribution in [0.15, 0.2) is 30.9 Å². The van der Waals surface area contributed by atoms with Crippen LogP contribution in [-0.2, 0) is 9.53 Å². The van der Waals surface area contributed by atoms with Crippen LogP contribution in [0.3, 0.4) is 0 Å². The Labute approximate surface area is 227 Å². The van der Waals surface area contributed by atoms with E-state index in [0.29, 0.717) is 24.5 Å². The maximum Gasteiger partial charge on any atom is 0.410 e. The van der Waals surface area contributed by atoms with E-state index in [1.54, 1.807) is 26.7 Å². The number of nitriles is 1. The fourth-order valence-electron chi connectivity index (χ4n) is 5.53. The zero-order valence-electron chi connectivity index (χ0n) is 22.7. The highest BCUT2D eigenvalue weighted by Crippen LogP contribution is 2.54. The molecule has 0 aromatic carbocycles. The fraction of sp³-hybridized carbons (Fsp3) is 0.571. The molecule has 5 heterocycles. The summed E-state index contributed by atoms with van der Waals surface area (Å²) in [4.78, 5) is 33.1. The Kier molecular flexibility index (Phi) is 6.08. The van der Waals surface area contributed by atoms with Crippen molar-refractivity contribution < 1.29 is 14.3 Å². The summed E-state index contributed by atoms with van der Waals surface area (Å²) >= 11 is 0. The Morgan fingerprint density at radius 1 is 1.15 bits per heavy atom. The minimum Gasteiger partial charge on any atom is -0.444 e. The summed E-state index contributed by atoms with van der Waals surface area (Å²) in [6.07, 6.45) is 13.9. The number of aromatic nitrogens is 5. The van der Waals surface area contributed by atoms with Gasteiger partial charge in [0.15, 0.2) is 5.82 Å². The molecule has 204 valence electrons. The number of likely N-dealkylation sites (tertiary alicyclic amines) is 1. The third kappa shape index (κ3) is 4.95. The van der Waals surface area contributed by atoms with Gasteiger partial charge in [-0.1, -0.05) is 19.3 Å². The molecule has 2 aliphatic carbocycles. The predicted octanol–water partition coefficient (Wildman–Crippen LogP) is 4.21. The highest BCUT2D eigenvalue weighted by atomic mass is 16.6. The van der Waals surface area contributed by atoms with E-state index in [-0.39, 0.29) is 23.5 Å². The van der Waals surface area contributed by atoms with Crippen LogP contribution in [-0.4, -0.2) is 66.5 Å². The van der Waals surface area contributed by atoms with Crippen molar-refractivity contribution in [2.75, 3.05) is 24.5 Å². The molecule has 4 aliphatic rings. The third-order valence-electron chi connectivity index (χ3n) is 7.65. The third-order valence-corrected chi connectivity index (χ3v) is 7.65. The van der Waals surface area contributed by atoms with E-state index < -0.39 is 11.5 Å². The van der Waals surface area contributed by atoms with Crippen LogP contribution in [0.2, 0.25) is 0 Å². The fourth-order valence-corrected chi connectivity index (χ4v) is 5.53. The largest absolute Gasteiger partial charge is 0.444 e. The van der Waals surface area contributed by atoms with Gasteiger partial charge in [-0.3, -0.25) is 14.4 Å². The molecule has 1 atom stereocenters. The maximum atomic E-state index is 12.7. The molecular formula is C28H34N8O3. The second kappa shape index (κ2) is 9.36. The van der Waals surface area contributed by atoms with E-state index in [2.05, 4.69) is 16.3 Å². The van der Waals surface area contributed by atoms with Gasteiger partial charge in [0, 0.05) is 36.8 Å². The van der Waals surface area contributed by atoms with Crippen molar-refractivity contribution in [2.45, 2.75) is 70.9 Å². The van der Waals surface area contributed by atoms with Crippen molar-refractivity contribution in [3.8, 4) is 17.3 Å². The van der Waals surface area contributed by atoms with Crippen molar-refractivity contribution in [1.82, 2.24) is 29.3 Å². The van der Waals surface area contributed by atoms with Gasteiger partial charge in [0.2, 0.25) is 5.91 Å². The lowest BCUT2D eigenvalue weighted by Crippen LogP contribution is -2.64. The summed E-state index contributed by atoms with van der Waals surface area (Å²) in [6.45, 7) is 7.54. The average Bonchev–Trinajstić information content (AvgIpc) is 3.35. The zero-order chi connectivity index (χ0) is 27.4. The number of amides is 2. The van der Waals surface area contributed by atoms with Crippen molar-refractivity contribution in [1.29, 1.82) is 5.26 Å². The Hall–Kier alpha value is -3.94. The Balaban J connectivity index is 0.000000864. The molecule has 2 saturated carbocycles. The van der Waals surface area contributed by atoms with Gasteiger partial charge in [-0.25, -0.2) is 14.3 Å². The van der Waals surface area contributed by atoms with E-state index >= 15 is 0 Å². The molecule has 2 saturated heterocycles. The zero-order valence-corrected chi connectivity index (χ0v) is 22.7. The molecule has 7 rings (SSSR count). The summed E-state index contributed by atoms with van der Waals surface area (Å²) in [5.41, 5.74) is 1.88. The van der Waals surface area contributed by atoms with E-state index in [1.807, 2.05) is 43.9 Å². The first kappa shape index (κ1) is 25.3. The quantitative estimate of drug-likeness (QED) is 0.497. The van der Waals surface area contributed by atoms with Crippen molar-refractivity contribution >= 4 is 23.3 Å². The first-order valence-electron chi connectivity index (χ1n) is 13.7. The summed E-state index contributed by atoms with van der Waals surface area (Å²) in [5, 5.41) is 18.2. The molecule has 11 nitrogen and oxygen atoms in total. The van der Waals surface area contributed by atoms with Crippen LogP contribution in [0, 0.1) is 22.7 Å². The van der Waals surface area contributed by atoms with Crippen molar-refractivity contribution in [2.24, 2.45) is 11.3 Å². The molecule has 0 bridgehead atoms. The van der Waals surface area contributed by atoms with Gasteiger partial charge in [0.05, 0.1) is 36.4 Å². The molecule has 11 heteroatoms. The normalized spacial score (nSPS) is 21.7. The lowest BCUT2D eigenvalue weighted by molar-refractivity contribution is -0.119. The van der Waals surface area contributed by atoms with Crippen LogP contribution >= 0.6 is 0 Å². The first-order valence-corrected chi connectivity index (χ1v) is 13.7. The second-order valence-corrected chi connectivity index (χ2v) is 12.2. The topological polar surface area (TPSA) is 122 Å². The lowest BCUT2D eigenvalue weighted by Gasteiger charge is -2.58. The molecule has 3 aromatic rings. The van der Waals surface area contributed by atoms with Gasteiger partial charge < -0.3 is 9.64 Å². The molecule has 0 N–H and O–H groups in total. The molecule has 4 fully saturated rings. The van der Waals surface area contributed by atoms with Crippen LogP contribution in [0.25, 0.3) is 16.8 Å². The van der Waals surface area contributed by atoms with Gasteiger partial charge in [0.1, 0.15) is 17.0 Å². The first-order chi connectivity index (χ1) is 18.6. The van der Waals surface area contributed by atoms with Gasteiger partial charge in [-0.15, -0.1) is 0 Å². The van der Waals surface area contributed by atoms with E-state index in [1.165, 1.54) is 19.3 Å². The minimum absolute atomic E-state index is 0.153. The SMILES string of the molecule is C1CC1.CC(C)(C)OC(=O)N1CC2(CC(n3cc(-c4cn5nccc5c(N5CCC(C#N)C5=O)n4)cn3)C2)C1. The van der Waals surface area contributed by atoms with Gasteiger partial charge in [0.25, 0.3) is 0 Å². The number of carbonyl (C=O) groups excluding carboxylic acids is 2. The Morgan fingerprint density at radius 3 is 2.54 bits per heavy atom. The summed E-state index contributed by atoms with van der Waals surface area (Å²) in [7, 11) is 0. The maximum absolute atomic E-state index is 12.7. The highest BCUT2D eigenvalue weighted by molar-refractivity contribution is 6.01.